The number of carbonyl (C=O) groups excluding carboxylic acids is 1. The largest absolute Gasteiger partial charge is 0.305 e. The van der Waals surface area contributed by atoms with Gasteiger partial charge in [0.15, 0.2) is 0 Å². The highest BCUT2D eigenvalue weighted by Gasteiger charge is 2.36. The fraction of sp³-hybridized carbons (Fsp3) is 0.136. The molecule has 3 aromatic rings. The van der Waals surface area contributed by atoms with Gasteiger partial charge in [-0.2, -0.15) is 4.31 Å². The Balaban J connectivity index is 1.76. The SMILES string of the molecule is O=C1CN(Cc2ccc(F)cc2Cl)S(=O)(=O)c2ccccc2N1Cc1cccc(F)c1. The average molecular weight is 463 g/mol. The van der Waals surface area contributed by atoms with Crippen LogP contribution in [0.4, 0.5) is 14.5 Å². The molecule has 0 radical (unpaired) electrons. The number of hydrogen-bond donors (Lipinski definition) is 0. The Labute approximate surface area is 183 Å². The smallest absolute Gasteiger partial charge is 0.245 e. The van der Waals surface area contributed by atoms with Gasteiger partial charge in [0.1, 0.15) is 16.5 Å². The zero-order valence-corrected chi connectivity index (χ0v) is 17.7. The summed E-state index contributed by atoms with van der Waals surface area (Å²) in [5, 5.41) is 0.0665. The van der Waals surface area contributed by atoms with Crippen molar-refractivity contribution in [3.05, 3.63) is 94.5 Å². The fourth-order valence-corrected chi connectivity index (χ4v) is 5.25. The first-order valence-corrected chi connectivity index (χ1v) is 11.2. The quantitative estimate of drug-likeness (QED) is 0.579. The lowest BCUT2D eigenvalue weighted by Gasteiger charge is -2.22. The highest BCUT2D eigenvalue weighted by molar-refractivity contribution is 7.89. The van der Waals surface area contributed by atoms with Crippen LogP contribution in [0.15, 0.2) is 71.6 Å². The van der Waals surface area contributed by atoms with Crippen LogP contribution in [0.5, 0.6) is 0 Å². The first-order valence-electron chi connectivity index (χ1n) is 9.33. The second kappa shape index (κ2) is 8.37. The molecule has 31 heavy (non-hydrogen) atoms. The minimum Gasteiger partial charge on any atom is -0.305 e. The molecule has 4 rings (SSSR count). The molecule has 0 unspecified atom stereocenters. The molecule has 0 bridgehead atoms. The molecule has 0 spiro atoms. The monoisotopic (exact) mass is 462 g/mol. The summed E-state index contributed by atoms with van der Waals surface area (Å²) >= 11 is 6.08. The van der Waals surface area contributed by atoms with E-state index in [1.807, 2.05) is 0 Å². The van der Waals surface area contributed by atoms with Crippen LogP contribution >= 0.6 is 11.6 Å². The highest BCUT2D eigenvalue weighted by atomic mass is 35.5. The third-order valence-electron chi connectivity index (χ3n) is 4.98. The molecule has 1 aliphatic heterocycles. The van der Waals surface area contributed by atoms with Crippen molar-refractivity contribution < 1.29 is 22.0 Å². The molecular formula is C22H17ClF2N2O3S. The van der Waals surface area contributed by atoms with Crippen LogP contribution in [0.25, 0.3) is 0 Å². The zero-order chi connectivity index (χ0) is 22.2. The van der Waals surface area contributed by atoms with Crippen molar-refractivity contribution in [2.45, 2.75) is 18.0 Å². The number of fused-ring (bicyclic) bond motifs is 1. The average Bonchev–Trinajstić information content (AvgIpc) is 2.79. The molecule has 0 saturated heterocycles. The molecule has 0 fully saturated rings. The summed E-state index contributed by atoms with van der Waals surface area (Å²) in [7, 11) is -4.07. The van der Waals surface area contributed by atoms with E-state index in [1.165, 1.54) is 41.3 Å². The van der Waals surface area contributed by atoms with E-state index in [0.29, 0.717) is 11.1 Å². The number of sulfonamides is 1. The van der Waals surface area contributed by atoms with E-state index in [1.54, 1.807) is 24.3 Å². The van der Waals surface area contributed by atoms with E-state index >= 15 is 0 Å². The lowest BCUT2D eigenvalue weighted by Crippen LogP contribution is -2.38. The van der Waals surface area contributed by atoms with E-state index in [4.69, 9.17) is 11.6 Å². The van der Waals surface area contributed by atoms with Gasteiger partial charge in [-0.3, -0.25) is 4.79 Å². The maximum atomic E-state index is 13.6. The maximum absolute atomic E-state index is 13.6. The summed E-state index contributed by atoms with van der Waals surface area (Å²) in [5.74, 6) is -1.47. The van der Waals surface area contributed by atoms with Crippen molar-refractivity contribution in [1.82, 2.24) is 4.31 Å². The van der Waals surface area contributed by atoms with Crippen LogP contribution in [0.1, 0.15) is 11.1 Å². The summed E-state index contributed by atoms with van der Waals surface area (Å²) < 4.78 is 54.8. The Morgan fingerprint density at radius 1 is 0.903 bits per heavy atom. The number of rotatable bonds is 4. The number of nitrogens with zero attached hydrogens (tertiary/aromatic N) is 2. The number of benzene rings is 3. The minimum absolute atomic E-state index is 0.00821. The Morgan fingerprint density at radius 2 is 1.65 bits per heavy atom. The second-order valence-corrected chi connectivity index (χ2v) is 9.40. The number of carbonyl (C=O) groups is 1. The predicted molar refractivity (Wildman–Crippen MR) is 113 cm³/mol. The van der Waals surface area contributed by atoms with Gasteiger partial charge in [-0.1, -0.05) is 41.9 Å². The predicted octanol–water partition coefficient (Wildman–Crippen LogP) is 4.36. The van der Waals surface area contributed by atoms with Crippen LogP contribution in [-0.2, 0) is 27.9 Å². The van der Waals surface area contributed by atoms with Gasteiger partial charge < -0.3 is 4.90 Å². The van der Waals surface area contributed by atoms with Crippen LogP contribution in [0.2, 0.25) is 5.02 Å². The van der Waals surface area contributed by atoms with Gasteiger partial charge >= 0.3 is 0 Å². The number of halogens is 3. The van der Waals surface area contributed by atoms with Crippen LogP contribution in [-0.4, -0.2) is 25.2 Å². The van der Waals surface area contributed by atoms with Gasteiger partial charge in [0, 0.05) is 11.6 Å². The normalized spacial score (nSPS) is 16.1. The third kappa shape index (κ3) is 4.32. The standard InChI is InChI=1S/C22H17ClF2N2O3S/c23-19-11-18(25)9-8-16(19)13-26-14-22(28)27(12-15-4-3-5-17(24)10-15)20-6-1-2-7-21(20)31(26,29)30/h1-11H,12-14H2. The first-order chi connectivity index (χ1) is 14.8. The summed E-state index contributed by atoms with van der Waals surface area (Å²) in [4.78, 5) is 14.4. The van der Waals surface area contributed by atoms with Crippen molar-refractivity contribution in [2.24, 2.45) is 0 Å². The van der Waals surface area contributed by atoms with E-state index in [0.717, 1.165) is 10.4 Å². The molecule has 9 heteroatoms. The molecule has 0 aromatic heterocycles. The molecule has 0 saturated carbocycles. The van der Waals surface area contributed by atoms with Crippen LogP contribution < -0.4 is 4.90 Å². The molecule has 0 atom stereocenters. The maximum Gasteiger partial charge on any atom is 0.245 e. The van der Waals surface area contributed by atoms with Crippen molar-refractivity contribution in [3.8, 4) is 0 Å². The van der Waals surface area contributed by atoms with E-state index in [-0.39, 0.29) is 28.7 Å². The highest BCUT2D eigenvalue weighted by Crippen LogP contribution is 2.33. The van der Waals surface area contributed by atoms with E-state index in [9.17, 15) is 22.0 Å². The Hall–Kier alpha value is -2.81. The number of hydrogen-bond acceptors (Lipinski definition) is 3. The number of anilines is 1. The van der Waals surface area contributed by atoms with Crippen molar-refractivity contribution in [1.29, 1.82) is 0 Å². The van der Waals surface area contributed by atoms with E-state index in [2.05, 4.69) is 0 Å². The van der Waals surface area contributed by atoms with Gasteiger partial charge in [0.25, 0.3) is 0 Å². The topological polar surface area (TPSA) is 57.7 Å². The molecule has 1 amide bonds. The Kier molecular flexibility index (Phi) is 5.79. The van der Waals surface area contributed by atoms with Gasteiger partial charge in [0.2, 0.25) is 15.9 Å². The van der Waals surface area contributed by atoms with Crippen LogP contribution in [0, 0.1) is 11.6 Å². The Bertz CT molecular complexity index is 1270. The lowest BCUT2D eigenvalue weighted by molar-refractivity contribution is -0.119. The first kappa shape index (κ1) is 21.4. The van der Waals surface area contributed by atoms with Gasteiger partial charge in [-0.25, -0.2) is 17.2 Å². The van der Waals surface area contributed by atoms with Gasteiger partial charge in [0.05, 0.1) is 18.8 Å². The zero-order valence-electron chi connectivity index (χ0n) is 16.1. The van der Waals surface area contributed by atoms with Crippen molar-refractivity contribution >= 4 is 33.2 Å². The summed E-state index contributed by atoms with van der Waals surface area (Å²) in [6.07, 6.45) is 0. The van der Waals surface area contributed by atoms with Gasteiger partial charge in [-0.15, -0.1) is 0 Å². The van der Waals surface area contributed by atoms with Crippen molar-refractivity contribution in [3.63, 3.8) is 0 Å². The van der Waals surface area contributed by atoms with Crippen molar-refractivity contribution in [2.75, 3.05) is 11.4 Å². The molecule has 3 aromatic carbocycles. The molecular weight excluding hydrogens is 446 g/mol. The second-order valence-electron chi connectivity index (χ2n) is 7.09. The summed E-state index contributed by atoms with van der Waals surface area (Å²) in [5.41, 5.74) is 1.11. The van der Waals surface area contributed by atoms with Gasteiger partial charge in [-0.05, 0) is 47.5 Å². The third-order valence-corrected chi connectivity index (χ3v) is 7.17. The summed E-state index contributed by atoms with van der Waals surface area (Å²) in [6.45, 7) is -0.635. The molecule has 5 nitrogen and oxygen atoms in total. The molecule has 1 aliphatic rings. The van der Waals surface area contributed by atoms with Crippen LogP contribution in [0.3, 0.4) is 0 Å². The summed E-state index contributed by atoms with van der Waals surface area (Å²) in [6, 6.07) is 15.6. The fourth-order valence-electron chi connectivity index (χ4n) is 3.46. The Morgan fingerprint density at radius 3 is 2.39 bits per heavy atom. The number of amides is 1. The van der Waals surface area contributed by atoms with E-state index < -0.39 is 34.1 Å². The molecule has 1 heterocycles. The molecule has 0 N–H and O–H groups in total. The molecule has 160 valence electrons. The lowest BCUT2D eigenvalue weighted by atomic mass is 10.2. The minimum atomic E-state index is -4.07. The number of para-hydroxylation sites is 1. The molecule has 0 aliphatic carbocycles.